The van der Waals surface area contributed by atoms with Gasteiger partial charge in [0.2, 0.25) is 15.4 Å². The maximum absolute atomic E-state index is 12.3. The lowest BCUT2D eigenvalue weighted by atomic mass is 9.89. The number of aromatic nitrogens is 2. The number of amides is 1. The number of nitrogens with one attached hydrogen (secondary N) is 1. The predicted octanol–water partition coefficient (Wildman–Crippen LogP) is -0.00160. The molecule has 1 amide bonds. The number of anilines is 1. The van der Waals surface area contributed by atoms with Gasteiger partial charge < -0.3 is 11.1 Å². The van der Waals surface area contributed by atoms with Gasteiger partial charge in [-0.15, -0.1) is 10.2 Å². The third-order valence-corrected chi connectivity index (χ3v) is 5.96. The molecule has 112 valence electrons. The molecule has 1 aliphatic heterocycles. The SMILES string of the molecule is CCCC1(N)CN(S(=O)(=O)c2nnc(NC(C)=O)s2)C1. The molecule has 0 saturated carbocycles. The van der Waals surface area contributed by atoms with E-state index < -0.39 is 15.6 Å². The van der Waals surface area contributed by atoms with Crippen molar-refractivity contribution < 1.29 is 13.2 Å². The molecule has 1 aliphatic rings. The van der Waals surface area contributed by atoms with Gasteiger partial charge in [-0.25, -0.2) is 8.42 Å². The zero-order valence-corrected chi connectivity index (χ0v) is 12.9. The van der Waals surface area contributed by atoms with Crippen LogP contribution in [-0.2, 0) is 14.8 Å². The van der Waals surface area contributed by atoms with Crippen LogP contribution in [0.25, 0.3) is 0 Å². The molecule has 3 N–H and O–H groups in total. The highest BCUT2D eigenvalue weighted by molar-refractivity contribution is 7.91. The van der Waals surface area contributed by atoms with E-state index in [9.17, 15) is 13.2 Å². The summed E-state index contributed by atoms with van der Waals surface area (Å²) in [7, 11) is -3.66. The summed E-state index contributed by atoms with van der Waals surface area (Å²) in [6.45, 7) is 3.91. The van der Waals surface area contributed by atoms with Crippen molar-refractivity contribution >= 4 is 32.4 Å². The predicted molar refractivity (Wildman–Crippen MR) is 74.8 cm³/mol. The van der Waals surface area contributed by atoms with Crippen molar-refractivity contribution in [1.29, 1.82) is 0 Å². The number of rotatable bonds is 5. The monoisotopic (exact) mass is 319 g/mol. The van der Waals surface area contributed by atoms with Gasteiger partial charge in [-0.1, -0.05) is 24.7 Å². The maximum atomic E-state index is 12.3. The summed E-state index contributed by atoms with van der Waals surface area (Å²) in [6.07, 6.45) is 1.70. The van der Waals surface area contributed by atoms with Gasteiger partial charge in [-0.2, -0.15) is 4.31 Å². The average Bonchev–Trinajstić information content (AvgIpc) is 2.74. The van der Waals surface area contributed by atoms with E-state index in [0.717, 1.165) is 24.2 Å². The van der Waals surface area contributed by atoms with Gasteiger partial charge in [0.05, 0.1) is 0 Å². The van der Waals surface area contributed by atoms with Crippen molar-refractivity contribution in [2.75, 3.05) is 18.4 Å². The van der Waals surface area contributed by atoms with Crippen LogP contribution < -0.4 is 11.1 Å². The Hall–Kier alpha value is -1.10. The van der Waals surface area contributed by atoms with Gasteiger partial charge in [0.25, 0.3) is 10.0 Å². The number of sulfonamides is 1. The molecule has 0 bridgehead atoms. The molecule has 2 heterocycles. The summed E-state index contributed by atoms with van der Waals surface area (Å²) in [5, 5.41) is 9.83. The summed E-state index contributed by atoms with van der Waals surface area (Å²) >= 11 is 0.835. The molecule has 0 aromatic carbocycles. The topological polar surface area (TPSA) is 118 Å². The maximum Gasteiger partial charge on any atom is 0.272 e. The Kier molecular flexibility index (Phi) is 4.09. The highest BCUT2D eigenvalue weighted by atomic mass is 32.2. The number of carbonyl (C=O) groups is 1. The molecule has 0 atom stereocenters. The summed E-state index contributed by atoms with van der Waals surface area (Å²) in [5.74, 6) is -0.321. The first-order valence-corrected chi connectivity index (χ1v) is 8.43. The Balaban J connectivity index is 2.09. The van der Waals surface area contributed by atoms with Crippen molar-refractivity contribution in [1.82, 2.24) is 14.5 Å². The van der Waals surface area contributed by atoms with Crippen LogP contribution in [0.1, 0.15) is 26.7 Å². The summed E-state index contributed by atoms with van der Waals surface area (Å²) in [6, 6.07) is 0. The Morgan fingerprint density at radius 1 is 1.50 bits per heavy atom. The van der Waals surface area contributed by atoms with Crippen molar-refractivity contribution in [3.8, 4) is 0 Å². The van der Waals surface area contributed by atoms with Crippen molar-refractivity contribution in [3.05, 3.63) is 0 Å². The van der Waals surface area contributed by atoms with Crippen molar-refractivity contribution in [3.63, 3.8) is 0 Å². The lowest BCUT2D eigenvalue weighted by Crippen LogP contribution is -2.68. The van der Waals surface area contributed by atoms with Crippen molar-refractivity contribution in [2.45, 2.75) is 36.6 Å². The fraction of sp³-hybridized carbons (Fsp3) is 0.700. The fourth-order valence-electron chi connectivity index (χ4n) is 2.11. The van der Waals surface area contributed by atoms with Gasteiger partial charge in [-0.05, 0) is 6.42 Å². The van der Waals surface area contributed by atoms with Gasteiger partial charge in [0, 0.05) is 25.6 Å². The minimum absolute atomic E-state index is 0.125. The number of hydrogen-bond acceptors (Lipinski definition) is 7. The molecule has 1 aromatic rings. The van der Waals surface area contributed by atoms with E-state index in [2.05, 4.69) is 15.5 Å². The quantitative estimate of drug-likeness (QED) is 0.737. The molecule has 2 rings (SSSR count). The molecule has 8 nitrogen and oxygen atoms in total. The largest absolute Gasteiger partial charge is 0.323 e. The zero-order valence-electron chi connectivity index (χ0n) is 11.3. The fourth-order valence-corrected chi connectivity index (χ4v) is 4.82. The first kappa shape index (κ1) is 15.3. The van der Waals surface area contributed by atoms with Gasteiger partial charge in [-0.3, -0.25) is 4.79 Å². The van der Waals surface area contributed by atoms with Crippen LogP contribution in [0.5, 0.6) is 0 Å². The first-order chi connectivity index (χ1) is 9.27. The third kappa shape index (κ3) is 2.97. The minimum Gasteiger partial charge on any atom is -0.323 e. The zero-order chi connectivity index (χ0) is 15.0. The number of carbonyl (C=O) groups excluding carboxylic acids is 1. The Labute approximate surface area is 121 Å². The Morgan fingerprint density at radius 3 is 2.70 bits per heavy atom. The Morgan fingerprint density at radius 2 is 2.15 bits per heavy atom. The lowest BCUT2D eigenvalue weighted by Gasteiger charge is -2.46. The molecule has 0 spiro atoms. The molecular weight excluding hydrogens is 302 g/mol. The normalized spacial score (nSPS) is 18.6. The average molecular weight is 319 g/mol. The van der Waals surface area contributed by atoms with Gasteiger partial charge in [0.1, 0.15) is 0 Å². The molecule has 0 radical (unpaired) electrons. The number of nitrogens with zero attached hydrogens (tertiary/aromatic N) is 3. The van der Waals surface area contributed by atoms with E-state index in [-0.39, 0.29) is 28.5 Å². The smallest absolute Gasteiger partial charge is 0.272 e. The van der Waals surface area contributed by atoms with E-state index >= 15 is 0 Å². The third-order valence-electron chi connectivity index (χ3n) is 2.98. The van der Waals surface area contributed by atoms with Crippen LogP contribution in [0, 0.1) is 0 Å². The molecule has 0 aliphatic carbocycles. The molecule has 1 aromatic heterocycles. The molecule has 1 saturated heterocycles. The lowest BCUT2D eigenvalue weighted by molar-refractivity contribution is -0.114. The highest BCUT2D eigenvalue weighted by Gasteiger charge is 2.46. The van der Waals surface area contributed by atoms with Gasteiger partial charge in [0.15, 0.2) is 0 Å². The van der Waals surface area contributed by atoms with E-state index in [1.165, 1.54) is 11.2 Å². The van der Waals surface area contributed by atoms with E-state index in [1.54, 1.807) is 0 Å². The second-order valence-corrected chi connectivity index (χ2v) is 8.03. The molecule has 20 heavy (non-hydrogen) atoms. The molecule has 0 unspecified atom stereocenters. The number of nitrogens with two attached hydrogens (primary N) is 1. The number of hydrogen-bond donors (Lipinski definition) is 2. The first-order valence-electron chi connectivity index (χ1n) is 6.17. The second-order valence-electron chi connectivity index (χ2n) is 4.94. The van der Waals surface area contributed by atoms with Crippen molar-refractivity contribution in [2.24, 2.45) is 5.73 Å². The van der Waals surface area contributed by atoms with E-state index in [1.807, 2.05) is 6.92 Å². The van der Waals surface area contributed by atoms with Crippen LogP contribution >= 0.6 is 11.3 Å². The molecule has 1 fully saturated rings. The summed E-state index contributed by atoms with van der Waals surface area (Å²) in [5.41, 5.74) is 5.62. The van der Waals surface area contributed by atoms with Crippen LogP contribution in [-0.4, -0.2) is 47.5 Å². The summed E-state index contributed by atoms with van der Waals surface area (Å²) < 4.78 is 25.7. The summed E-state index contributed by atoms with van der Waals surface area (Å²) in [4.78, 5) is 10.9. The highest BCUT2D eigenvalue weighted by Crippen LogP contribution is 2.31. The van der Waals surface area contributed by atoms with E-state index in [4.69, 9.17) is 5.73 Å². The van der Waals surface area contributed by atoms with Crippen LogP contribution in [0.2, 0.25) is 0 Å². The standard InChI is InChI=1S/C10H17N5O3S2/c1-3-4-10(11)5-15(6-10)20(17,18)9-14-13-8(19-9)12-7(2)16/h3-6,11H2,1-2H3,(H,12,13,16). The van der Waals surface area contributed by atoms with Crippen LogP contribution in [0.15, 0.2) is 4.34 Å². The van der Waals surface area contributed by atoms with Crippen LogP contribution in [0.3, 0.4) is 0 Å². The molecular formula is C10H17N5O3S2. The molecule has 10 heteroatoms. The Bertz CT molecular complexity index is 606. The van der Waals surface area contributed by atoms with E-state index in [0.29, 0.717) is 0 Å². The van der Waals surface area contributed by atoms with Gasteiger partial charge >= 0.3 is 0 Å². The second kappa shape index (κ2) is 5.35. The van der Waals surface area contributed by atoms with Crippen LogP contribution in [0.4, 0.5) is 5.13 Å². The minimum atomic E-state index is -3.66.